The van der Waals surface area contributed by atoms with Gasteiger partial charge in [-0.3, -0.25) is 0 Å². The van der Waals surface area contributed by atoms with Gasteiger partial charge in [0.05, 0.1) is 0 Å². The average Bonchev–Trinajstić information content (AvgIpc) is 2.09. The quantitative estimate of drug-likeness (QED) is 0.548. The van der Waals surface area contributed by atoms with Crippen LogP contribution in [-0.4, -0.2) is 18.8 Å². The fourth-order valence-electron chi connectivity index (χ4n) is 1.70. The molecule has 1 nitrogen and oxygen atoms in total. The van der Waals surface area contributed by atoms with E-state index in [9.17, 15) is 4.39 Å². The lowest BCUT2D eigenvalue weighted by atomic mass is 9.79. The second-order valence-electron chi connectivity index (χ2n) is 2.76. The predicted molar refractivity (Wildman–Crippen MR) is 36.7 cm³/mol. The number of fused-ring (bicyclic) bond motifs is 1. The summed E-state index contributed by atoms with van der Waals surface area (Å²) < 4.78 is 12.4. The second kappa shape index (κ2) is 2.43. The van der Waals surface area contributed by atoms with Crippen molar-refractivity contribution < 1.29 is 4.39 Å². The van der Waals surface area contributed by atoms with Gasteiger partial charge in [0.1, 0.15) is 6.17 Å². The molecule has 1 saturated heterocycles. The van der Waals surface area contributed by atoms with Crippen LogP contribution >= 0.6 is 12.4 Å². The molecule has 0 aromatic rings. The van der Waals surface area contributed by atoms with Crippen LogP contribution in [0.3, 0.4) is 0 Å². The Balaban J connectivity index is 0.000000405. The van der Waals surface area contributed by atoms with Crippen molar-refractivity contribution in [2.45, 2.75) is 25.1 Å². The highest BCUT2D eigenvalue weighted by molar-refractivity contribution is 5.85. The Hall–Kier alpha value is 0.180. The monoisotopic (exact) mass is 151 g/mol. The molecule has 0 bridgehead atoms. The molecule has 0 aromatic carbocycles. The molecule has 1 N–H and O–H groups in total. The van der Waals surface area contributed by atoms with E-state index < -0.39 is 6.17 Å². The van der Waals surface area contributed by atoms with Crippen LogP contribution in [0.15, 0.2) is 0 Å². The van der Waals surface area contributed by atoms with Crippen LogP contribution in [0, 0.1) is 5.92 Å². The third-order valence-corrected chi connectivity index (χ3v) is 2.34. The Morgan fingerprint density at radius 1 is 1.44 bits per heavy atom. The van der Waals surface area contributed by atoms with Gasteiger partial charge in [-0.15, -0.1) is 12.4 Å². The molecule has 2 aliphatic rings. The van der Waals surface area contributed by atoms with Crippen molar-refractivity contribution in [2.75, 3.05) is 6.54 Å². The summed E-state index contributed by atoms with van der Waals surface area (Å²) >= 11 is 0. The number of halogens is 2. The molecule has 0 unspecified atom stereocenters. The van der Waals surface area contributed by atoms with Gasteiger partial charge in [0.25, 0.3) is 0 Å². The van der Waals surface area contributed by atoms with Crippen LogP contribution in [0.5, 0.6) is 0 Å². The molecule has 0 spiro atoms. The molecule has 0 aromatic heterocycles. The van der Waals surface area contributed by atoms with Gasteiger partial charge in [-0.25, -0.2) is 4.39 Å². The van der Waals surface area contributed by atoms with E-state index in [1.165, 1.54) is 0 Å². The van der Waals surface area contributed by atoms with E-state index in [4.69, 9.17) is 0 Å². The van der Waals surface area contributed by atoms with Crippen molar-refractivity contribution in [2.24, 2.45) is 5.92 Å². The first-order chi connectivity index (χ1) is 3.88. The summed E-state index contributed by atoms with van der Waals surface area (Å²) in [6, 6.07) is 0.546. The maximum absolute atomic E-state index is 12.4. The van der Waals surface area contributed by atoms with Crippen molar-refractivity contribution in [3.05, 3.63) is 0 Å². The zero-order valence-corrected chi connectivity index (χ0v) is 5.96. The molecular weight excluding hydrogens is 141 g/mol. The smallest absolute Gasteiger partial charge is 0.106 e. The van der Waals surface area contributed by atoms with Gasteiger partial charge in [-0.2, -0.15) is 0 Å². The van der Waals surface area contributed by atoms with Gasteiger partial charge in [-0.05, 0) is 19.4 Å². The minimum absolute atomic E-state index is 0. The van der Waals surface area contributed by atoms with E-state index in [0.717, 1.165) is 19.4 Å². The zero-order chi connectivity index (χ0) is 5.56. The predicted octanol–water partition coefficient (Wildman–Crippen LogP) is 1.13. The third-order valence-electron chi connectivity index (χ3n) is 2.34. The first-order valence-electron chi connectivity index (χ1n) is 3.25. The zero-order valence-electron chi connectivity index (χ0n) is 5.14. The van der Waals surface area contributed by atoms with Gasteiger partial charge >= 0.3 is 0 Å². The molecule has 1 aliphatic carbocycles. The molecule has 1 heterocycles. The fraction of sp³-hybridized carbons (Fsp3) is 1.00. The summed E-state index contributed by atoms with van der Waals surface area (Å²) in [6.45, 7) is 1.04. The van der Waals surface area contributed by atoms with Gasteiger partial charge in [0, 0.05) is 12.0 Å². The van der Waals surface area contributed by atoms with Crippen molar-refractivity contribution >= 4 is 12.4 Å². The Morgan fingerprint density at radius 2 is 2.22 bits per heavy atom. The Labute approximate surface area is 60.4 Å². The molecule has 1 saturated carbocycles. The molecule has 0 amide bonds. The normalized spacial score (nSPS) is 47.0. The van der Waals surface area contributed by atoms with E-state index >= 15 is 0 Å². The molecular formula is C6H11ClFN. The lowest BCUT2D eigenvalue weighted by Gasteiger charge is -2.33. The van der Waals surface area contributed by atoms with E-state index in [-0.39, 0.29) is 12.4 Å². The highest BCUT2D eigenvalue weighted by Gasteiger charge is 2.43. The topological polar surface area (TPSA) is 12.0 Å². The Morgan fingerprint density at radius 3 is 2.67 bits per heavy atom. The highest BCUT2D eigenvalue weighted by atomic mass is 35.5. The van der Waals surface area contributed by atoms with Crippen molar-refractivity contribution in [3.8, 4) is 0 Å². The molecule has 9 heavy (non-hydrogen) atoms. The molecule has 1 aliphatic heterocycles. The molecule has 3 atom stereocenters. The van der Waals surface area contributed by atoms with E-state index in [0.29, 0.717) is 12.0 Å². The van der Waals surface area contributed by atoms with Crippen LogP contribution < -0.4 is 5.32 Å². The standard InChI is InChI=1S/C6H10FN.ClH/c7-5-3-6-4(5)1-2-8-6;/h4-6,8H,1-3H2;1H/t4-,5-,6+;/m1./s1. The lowest BCUT2D eigenvalue weighted by Crippen LogP contribution is -2.44. The van der Waals surface area contributed by atoms with Gasteiger partial charge in [-0.1, -0.05) is 0 Å². The van der Waals surface area contributed by atoms with Crippen LogP contribution in [-0.2, 0) is 0 Å². The summed E-state index contributed by atoms with van der Waals surface area (Å²) in [5, 5.41) is 3.25. The van der Waals surface area contributed by atoms with Gasteiger partial charge in [0.2, 0.25) is 0 Å². The SMILES string of the molecule is Cl.F[C@@H]1C[C@@H]2NCC[C@H]12. The lowest BCUT2D eigenvalue weighted by molar-refractivity contribution is 0.0953. The van der Waals surface area contributed by atoms with E-state index in [1.807, 2.05) is 0 Å². The Bertz CT molecular complexity index is 109. The molecule has 3 heteroatoms. The molecule has 54 valence electrons. The van der Waals surface area contributed by atoms with Gasteiger partial charge < -0.3 is 5.32 Å². The number of nitrogens with one attached hydrogen (secondary N) is 1. The number of hydrogen-bond acceptors (Lipinski definition) is 1. The largest absolute Gasteiger partial charge is 0.313 e. The van der Waals surface area contributed by atoms with Crippen LogP contribution in [0.25, 0.3) is 0 Å². The number of alkyl halides is 1. The van der Waals surface area contributed by atoms with Crippen molar-refractivity contribution in [3.63, 3.8) is 0 Å². The summed E-state index contributed by atoms with van der Waals surface area (Å²) in [4.78, 5) is 0. The van der Waals surface area contributed by atoms with E-state index in [1.54, 1.807) is 0 Å². The first kappa shape index (κ1) is 7.29. The minimum atomic E-state index is -0.477. The summed E-state index contributed by atoms with van der Waals surface area (Å²) in [6.07, 6.45) is 1.35. The van der Waals surface area contributed by atoms with Gasteiger partial charge in [0.15, 0.2) is 0 Å². The third kappa shape index (κ3) is 0.945. The number of hydrogen-bond donors (Lipinski definition) is 1. The second-order valence-corrected chi connectivity index (χ2v) is 2.76. The average molecular weight is 152 g/mol. The highest BCUT2D eigenvalue weighted by Crippen LogP contribution is 2.36. The summed E-state index contributed by atoms with van der Waals surface area (Å²) in [7, 11) is 0. The maximum atomic E-state index is 12.4. The van der Waals surface area contributed by atoms with Crippen LogP contribution in [0.1, 0.15) is 12.8 Å². The summed E-state index contributed by atoms with van der Waals surface area (Å²) in [5.74, 6) is 0.384. The van der Waals surface area contributed by atoms with Crippen molar-refractivity contribution in [1.29, 1.82) is 0 Å². The molecule has 2 rings (SSSR count). The van der Waals surface area contributed by atoms with Crippen LogP contribution in [0.4, 0.5) is 4.39 Å². The molecule has 0 radical (unpaired) electrons. The number of rotatable bonds is 0. The fourth-order valence-corrected chi connectivity index (χ4v) is 1.70. The van der Waals surface area contributed by atoms with Crippen LogP contribution in [0.2, 0.25) is 0 Å². The first-order valence-corrected chi connectivity index (χ1v) is 3.25. The summed E-state index contributed by atoms with van der Waals surface area (Å²) in [5.41, 5.74) is 0. The van der Waals surface area contributed by atoms with Crippen molar-refractivity contribution in [1.82, 2.24) is 5.32 Å². The maximum Gasteiger partial charge on any atom is 0.106 e. The van der Waals surface area contributed by atoms with E-state index in [2.05, 4.69) is 5.32 Å². The molecule has 2 fully saturated rings. The minimum Gasteiger partial charge on any atom is -0.313 e. The Kier molecular flexibility index (Phi) is 1.97.